The molecule has 0 spiro atoms. The van der Waals surface area contributed by atoms with Gasteiger partial charge in [0, 0.05) is 39.8 Å². The smallest absolute Gasteiger partial charge is 0.243 e. The van der Waals surface area contributed by atoms with Crippen LogP contribution in [0.1, 0.15) is 23.1 Å². The third-order valence-corrected chi connectivity index (χ3v) is 7.50. The number of aryl methyl sites for hydroxylation is 2. The number of hydrogen-bond acceptors (Lipinski definition) is 4. The summed E-state index contributed by atoms with van der Waals surface area (Å²) >= 11 is 0. The van der Waals surface area contributed by atoms with E-state index in [1.807, 2.05) is 13.0 Å². The van der Waals surface area contributed by atoms with Gasteiger partial charge in [-0.25, -0.2) is 8.42 Å². The fraction of sp³-hybridized carbons (Fsp3) is 0.435. The fourth-order valence-electron chi connectivity index (χ4n) is 3.67. The molecule has 7 heteroatoms. The molecule has 2 aromatic carbocycles. The molecular weight excluding hydrogens is 398 g/mol. The summed E-state index contributed by atoms with van der Waals surface area (Å²) in [6.45, 7) is 7.73. The van der Waals surface area contributed by atoms with Crippen molar-refractivity contribution in [3.05, 3.63) is 65.2 Å². The molecule has 6 nitrogen and oxygen atoms in total. The molecule has 3 rings (SSSR count). The molecular formula is C23H31N3O3S. The van der Waals surface area contributed by atoms with Crippen LogP contribution in [0, 0.1) is 13.8 Å². The summed E-state index contributed by atoms with van der Waals surface area (Å²) in [7, 11) is -2.21. The van der Waals surface area contributed by atoms with Gasteiger partial charge in [0.05, 0.1) is 11.4 Å². The van der Waals surface area contributed by atoms with E-state index in [-0.39, 0.29) is 17.3 Å². The van der Waals surface area contributed by atoms with E-state index < -0.39 is 10.0 Å². The summed E-state index contributed by atoms with van der Waals surface area (Å²) < 4.78 is 26.7. The van der Waals surface area contributed by atoms with E-state index in [0.29, 0.717) is 13.1 Å². The molecule has 1 amide bonds. The lowest BCUT2D eigenvalue weighted by Gasteiger charge is -2.25. The number of likely N-dealkylation sites (N-methyl/N-ethyl adjacent to an activating group) is 1. The standard InChI is InChI=1S/C23H31N3O3S/c1-19-9-11-22(12-10-19)30(28,29)24(3)18-23(27)26-14-6-13-25(15-16-26)17-21-8-5-4-7-20(21)2/h4-5,7-12H,6,13-18H2,1-3H3. The van der Waals surface area contributed by atoms with Crippen molar-refractivity contribution in [3.63, 3.8) is 0 Å². The third kappa shape index (κ3) is 5.47. The summed E-state index contributed by atoms with van der Waals surface area (Å²) in [5, 5.41) is 0. The largest absolute Gasteiger partial charge is 0.340 e. The first-order chi connectivity index (χ1) is 14.3. The van der Waals surface area contributed by atoms with E-state index in [1.165, 1.54) is 18.2 Å². The van der Waals surface area contributed by atoms with Gasteiger partial charge in [0.2, 0.25) is 15.9 Å². The van der Waals surface area contributed by atoms with Crippen LogP contribution >= 0.6 is 0 Å². The van der Waals surface area contributed by atoms with Gasteiger partial charge in [-0.05, 0) is 43.5 Å². The zero-order valence-electron chi connectivity index (χ0n) is 18.0. The molecule has 162 valence electrons. The van der Waals surface area contributed by atoms with E-state index in [2.05, 4.69) is 30.0 Å². The molecule has 30 heavy (non-hydrogen) atoms. The van der Waals surface area contributed by atoms with Crippen molar-refractivity contribution >= 4 is 15.9 Å². The molecule has 0 radical (unpaired) electrons. The molecule has 0 saturated carbocycles. The monoisotopic (exact) mass is 429 g/mol. The predicted molar refractivity (Wildman–Crippen MR) is 119 cm³/mol. The van der Waals surface area contributed by atoms with Crippen molar-refractivity contribution in [2.24, 2.45) is 0 Å². The van der Waals surface area contributed by atoms with Crippen LogP contribution in [0.2, 0.25) is 0 Å². The van der Waals surface area contributed by atoms with Crippen molar-refractivity contribution in [3.8, 4) is 0 Å². The molecule has 1 fully saturated rings. The number of nitrogens with zero attached hydrogens (tertiary/aromatic N) is 3. The maximum Gasteiger partial charge on any atom is 0.243 e. The normalized spacial score (nSPS) is 15.9. The number of sulfonamides is 1. The number of carbonyl (C=O) groups excluding carboxylic acids is 1. The summed E-state index contributed by atoms with van der Waals surface area (Å²) in [6.07, 6.45) is 0.881. The van der Waals surface area contributed by atoms with Crippen LogP contribution in [0.5, 0.6) is 0 Å². The Balaban J connectivity index is 1.58. The highest BCUT2D eigenvalue weighted by atomic mass is 32.2. The van der Waals surface area contributed by atoms with Crippen LogP contribution in [0.15, 0.2) is 53.4 Å². The van der Waals surface area contributed by atoms with E-state index >= 15 is 0 Å². The molecule has 0 aromatic heterocycles. The first-order valence-corrected chi connectivity index (χ1v) is 11.8. The summed E-state index contributed by atoms with van der Waals surface area (Å²) in [5.74, 6) is -0.147. The van der Waals surface area contributed by atoms with Crippen LogP contribution in [-0.4, -0.2) is 68.2 Å². The minimum absolute atomic E-state index is 0.145. The van der Waals surface area contributed by atoms with E-state index in [9.17, 15) is 13.2 Å². The zero-order chi connectivity index (χ0) is 21.7. The predicted octanol–water partition coefficient (Wildman–Crippen LogP) is 2.66. The van der Waals surface area contributed by atoms with Gasteiger partial charge in [0.1, 0.15) is 0 Å². The minimum Gasteiger partial charge on any atom is -0.340 e. The molecule has 0 unspecified atom stereocenters. The summed E-state index contributed by atoms with van der Waals surface area (Å²) in [5.41, 5.74) is 3.58. The second-order valence-corrected chi connectivity index (χ2v) is 10.1. The first kappa shape index (κ1) is 22.5. The molecule has 0 atom stereocenters. The molecule has 1 aliphatic heterocycles. The highest BCUT2D eigenvalue weighted by molar-refractivity contribution is 7.89. The lowest BCUT2D eigenvalue weighted by atomic mass is 10.1. The van der Waals surface area contributed by atoms with Crippen LogP contribution in [0.3, 0.4) is 0 Å². The van der Waals surface area contributed by atoms with Crippen LogP contribution in [0.25, 0.3) is 0 Å². The number of hydrogen-bond donors (Lipinski definition) is 0. The Hall–Kier alpha value is -2.22. The molecule has 0 N–H and O–H groups in total. The van der Waals surface area contributed by atoms with Crippen molar-refractivity contribution in [1.29, 1.82) is 0 Å². The number of carbonyl (C=O) groups is 1. The van der Waals surface area contributed by atoms with Gasteiger partial charge in [-0.15, -0.1) is 0 Å². The molecule has 1 heterocycles. The maximum atomic E-state index is 12.8. The van der Waals surface area contributed by atoms with Gasteiger partial charge < -0.3 is 4.90 Å². The van der Waals surface area contributed by atoms with Crippen molar-refractivity contribution in [2.75, 3.05) is 39.8 Å². The quantitative estimate of drug-likeness (QED) is 0.708. The van der Waals surface area contributed by atoms with Crippen molar-refractivity contribution in [2.45, 2.75) is 31.7 Å². The second kappa shape index (κ2) is 9.73. The SMILES string of the molecule is Cc1ccc(S(=O)(=O)N(C)CC(=O)N2CCCN(Cc3ccccc3C)CC2)cc1. The topological polar surface area (TPSA) is 60.9 Å². The Kier molecular flexibility index (Phi) is 7.28. The first-order valence-electron chi connectivity index (χ1n) is 10.3. The van der Waals surface area contributed by atoms with Crippen LogP contribution in [0.4, 0.5) is 0 Å². The maximum absolute atomic E-state index is 12.8. The summed E-state index contributed by atoms with van der Waals surface area (Å²) in [4.78, 5) is 17.2. The lowest BCUT2D eigenvalue weighted by molar-refractivity contribution is -0.131. The fourth-order valence-corrected chi connectivity index (χ4v) is 4.79. The lowest BCUT2D eigenvalue weighted by Crippen LogP contribution is -2.42. The van der Waals surface area contributed by atoms with Crippen LogP contribution in [-0.2, 0) is 21.4 Å². The Morgan fingerprint density at radius 2 is 1.67 bits per heavy atom. The third-order valence-electron chi connectivity index (χ3n) is 5.68. The highest BCUT2D eigenvalue weighted by Gasteiger charge is 2.26. The second-order valence-electron chi connectivity index (χ2n) is 8.01. The van der Waals surface area contributed by atoms with Crippen molar-refractivity contribution in [1.82, 2.24) is 14.1 Å². The molecule has 2 aromatic rings. The van der Waals surface area contributed by atoms with Crippen molar-refractivity contribution < 1.29 is 13.2 Å². The minimum atomic E-state index is -3.68. The molecule has 1 aliphatic rings. The van der Waals surface area contributed by atoms with Gasteiger partial charge in [-0.3, -0.25) is 9.69 Å². The van der Waals surface area contributed by atoms with Gasteiger partial charge in [0.15, 0.2) is 0 Å². The molecule has 0 aliphatic carbocycles. The number of rotatable bonds is 6. The van der Waals surface area contributed by atoms with Crippen LogP contribution < -0.4 is 0 Å². The average molecular weight is 430 g/mol. The van der Waals surface area contributed by atoms with E-state index in [0.717, 1.165) is 35.9 Å². The van der Waals surface area contributed by atoms with Gasteiger partial charge in [0.25, 0.3) is 0 Å². The highest BCUT2D eigenvalue weighted by Crippen LogP contribution is 2.16. The zero-order valence-corrected chi connectivity index (χ0v) is 18.9. The number of benzene rings is 2. The van der Waals surface area contributed by atoms with Gasteiger partial charge in [-0.2, -0.15) is 4.31 Å². The van der Waals surface area contributed by atoms with Gasteiger partial charge in [-0.1, -0.05) is 42.0 Å². The Morgan fingerprint density at radius 1 is 0.967 bits per heavy atom. The number of amides is 1. The Labute approximate surface area is 180 Å². The summed E-state index contributed by atoms with van der Waals surface area (Å²) in [6, 6.07) is 15.1. The average Bonchev–Trinajstić information content (AvgIpc) is 2.95. The molecule has 1 saturated heterocycles. The molecule has 0 bridgehead atoms. The Morgan fingerprint density at radius 3 is 2.37 bits per heavy atom. The Bertz CT molecular complexity index is 973. The van der Waals surface area contributed by atoms with E-state index in [4.69, 9.17) is 0 Å². The van der Waals surface area contributed by atoms with E-state index in [1.54, 1.807) is 29.2 Å². The van der Waals surface area contributed by atoms with Gasteiger partial charge >= 0.3 is 0 Å².